The summed E-state index contributed by atoms with van der Waals surface area (Å²) in [6.07, 6.45) is 0. The molecule has 0 bridgehead atoms. The summed E-state index contributed by atoms with van der Waals surface area (Å²) in [4.78, 5) is 0. The lowest BCUT2D eigenvalue weighted by Gasteiger charge is -1.91. The van der Waals surface area contributed by atoms with Crippen LogP contribution in [0.25, 0.3) is 9.40 Å². The van der Waals surface area contributed by atoms with Crippen molar-refractivity contribution in [2.75, 3.05) is 7.05 Å². The minimum absolute atomic E-state index is 0. The highest BCUT2D eigenvalue weighted by atomic mass is 127. The van der Waals surface area contributed by atoms with Crippen LogP contribution < -0.4 is 32.5 Å². The number of rotatable bonds is 1. The molecule has 1 aromatic heterocycles. The van der Waals surface area contributed by atoms with E-state index in [-0.39, 0.29) is 24.0 Å². The Labute approximate surface area is 131 Å². The van der Waals surface area contributed by atoms with Gasteiger partial charge < -0.3 is 24.0 Å². The Kier molecular flexibility index (Phi) is 4.53. The number of nitrogens with zero attached hydrogens (tertiary/aromatic N) is 1. The maximum Gasteiger partial charge on any atom is 0.320 e. The van der Waals surface area contributed by atoms with Crippen molar-refractivity contribution in [1.82, 2.24) is 4.58 Å². The highest BCUT2D eigenvalue weighted by Gasteiger charge is 2.07. The second kappa shape index (κ2) is 5.95. The van der Waals surface area contributed by atoms with Gasteiger partial charge in [-0.1, -0.05) is 53.0 Å². The summed E-state index contributed by atoms with van der Waals surface area (Å²) in [6.45, 7) is 0. The fourth-order valence-electron chi connectivity index (χ4n) is 1.72. The van der Waals surface area contributed by atoms with Gasteiger partial charge in [0.15, 0.2) is 0 Å². The third kappa shape index (κ3) is 2.65. The molecular weight excluding hydrogens is 373 g/mol. The molecule has 4 heteroatoms. The molecule has 0 saturated heterocycles. The first-order chi connectivity index (χ1) is 8.34. The fourth-order valence-corrected chi connectivity index (χ4v) is 4.17. The monoisotopic (exact) mass is 385 g/mol. The van der Waals surface area contributed by atoms with Crippen LogP contribution in [0.2, 0.25) is 0 Å². The van der Waals surface area contributed by atoms with Crippen LogP contribution in [0.4, 0.5) is 5.69 Å². The Balaban J connectivity index is 0.00000120. The van der Waals surface area contributed by atoms with Crippen molar-refractivity contribution in [2.24, 2.45) is 0 Å². The molecule has 0 amide bonds. The van der Waals surface area contributed by atoms with Crippen LogP contribution in [0, 0.1) is 0 Å². The standard InChI is InChI=1S/C14H12NS2.HI/c1-15(11-7-3-2-4-8-11)14-16-12-9-5-6-10-13(12)17-14;/h2-10H,1H3;1H/q+1;/p-1. The number of fused-ring (bicyclic) bond motifs is 1. The van der Waals surface area contributed by atoms with Gasteiger partial charge >= 0.3 is 3.98 Å². The number of benzene rings is 2. The first-order valence-electron chi connectivity index (χ1n) is 5.45. The molecule has 0 aliphatic rings. The van der Waals surface area contributed by atoms with Gasteiger partial charge in [0.1, 0.15) is 7.05 Å². The predicted molar refractivity (Wildman–Crippen MR) is 77.0 cm³/mol. The Morgan fingerprint density at radius 3 is 1.83 bits per heavy atom. The molecule has 0 radical (unpaired) electrons. The van der Waals surface area contributed by atoms with E-state index in [0.29, 0.717) is 0 Å². The Morgan fingerprint density at radius 1 is 0.778 bits per heavy atom. The zero-order valence-corrected chi connectivity index (χ0v) is 13.6. The van der Waals surface area contributed by atoms with Crippen molar-refractivity contribution in [3.63, 3.8) is 0 Å². The molecule has 0 atom stereocenters. The topological polar surface area (TPSA) is 3.01 Å². The molecule has 0 spiro atoms. The van der Waals surface area contributed by atoms with Gasteiger partial charge in [-0.2, -0.15) is 4.58 Å². The number of halogens is 1. The van der Waals surface area contributed by atoms with Crippen molar-refractivity contribution in [3.05, 3.63) is 58.6 Å². The van der Waals surface area contributed by atoms with E-state index in [1.54, 1.807) is 0 Å². The molecule has 3 aromatic rings. The van der Waals surface area contributed by atoms with Crippen LogP contribution in [0.15, 0.2) is 54.6 Å². The number of para-hydroxylation sites is 1. The molecule has 0 N–H and O–H groups in total. The van der Waals surface area contributed by atoms with E-state index >= 15 is 0 Å². The Hall–Kier alpha value is -0.720. The SMILES string of the molecule is C[N+](c1ccccc1)=c1sc2ccccc2s1.[I-]. The van der Waals surface area contributed by atoms with Gasteiger partial charge in [0.2, 0.25) is 5.69 Å². The van der Waals surface area contributed by atoms with E-state index in [0.717, 1.165) is 0 Å². The maximum absolute atomic E-state index is 2.25. The molecule has 92 valence electrons. The van der Waals surface area contributed by atoms with Crippen molar-refractivity contribution < 1.29 is 24.0 Å². The quantitative estimate of drug-likeness (QED) is 0.429. The summed E-state index contributed by atoms with van der Waals surface area (Å²) in [7, 11) is 2.12. The third-order valence-electron chi connectivity index (χ3n) is 2.66. The highest BCUT2D eigenvalue weighted by Crippen LogP contribution is 2.20. The summed E-state index contributed by atoms with van der Waals surface area (Å²) in [5.41, 5.74) is 1.23. The van der Waals surface area contributed by atoms with Gasteiger partial charge in [-0.05, 0) is 12.1 Å². The molecule has 3 rings (SSSR count). The maximum atomic E-state index is 2.25. The summed E-state index contributed by atoms with van der Waals surface area (Å²) in [6, 6.07) is 19.0. The Morgan fingerprint density at radius 2 is 1.28 bits per heavy atom. The molecule has 18 heavy (non-hydrogen) atoms. The minimum Gasteiger partial charge on any atom is -1.00 e. The van der Waals surface area contributed by atoms with Gasteiger partial charge in [-0.3, -0.25) is 0 Å². The predicted octanol–water partition coefficient (Wildman–Crippen LogP) is 0.700. The summed E-state index contributed by atoms with van der Waals surface area (Å²) >= 11 is 3.69. The van der Waals surface area contributed by atoms with Crippen LogP contribution >= 0.6 is 22.7 Å². The van der Waals surface area contributed by atoms with Crippen molar-refractivity contribution in [3.8, 4) is 0 Å². The van der Waals surface area contributed by atoms with Crippen LogP contribution in [-0.4, -0.2) is 7.05 Å². The van der Waals surface area contributed by atoms with Crippen LogP contribution in [0.5, 0.6) is 0 Å². The number of hydrogen-bond donors (Lipinski definition) is 0. The molecule has 0 fully saturated rings. The van der Waals surface area contributed by atoms with E-state index in [1.807, 2.05) is 28.7 Å². The normalized spacial score (nSPS) is 10.1. The molecule has 2 aromatic carbocycles. The fraction of sp³-hybridized carbons (Fsp3) is 0.0714. The van der Waals surface area contributed by atoms with Gasteiger partial charge in [-0.25, -0.2) is 0 Å². The van der Waals surface area contributed by atoms with Crippen LogP contribution in [-0.2, 0) is 0 Å². The lowest BCUT2D eigenvalue weighted by molar-refractivity contribution is -0.00000318. The van der Waals surface area contributed by atoms with Crippen molar-refractivity contribution in [1.29, 1.82) is 0 Å². The third-order valence-corrected chi connectivity index (χ3v) is 5.34. The van der Waals surface area contributed by atoms with E-state index in [9.17, 15) is 0 Å². The van der Waals surface area contributed by atoms with Crippen molar-refractivity contribution >= 4 is 37.8 Å². The van der Waals surface area contributed by atoms with E-state index < -0.39 is 0 Å². The largest absolute Gasteiger partial charge is 1.00 e. The molecule has 1 nitrogen and oxygen atoms in total. The second-order valence-corrected chi connectivity index (χ2v) is 6.13. The van der Waals surface area contributed by atoms with E-state index in [4.69, 9.17) is 0 Å². The molecule has 0 unspecified atom stereocenters. The van der Waals surface area contributed by atoms with Gasteiger partial charge in [0.25, 0.3) is 0 Å². The highest BCUT2D eigenvalue weighted by molar-refractivity contribution is 7.35. The molecular formula is C14H12INS2. The summed E-state index contributed by atoms with van der Waals surface area (Å²) in [5, 5.41) is 0. The number of hydrogen-bond acceptors (Lipinski definition) is 2. The molecule has 1 heterocycles. The van der Waals surface area contributed by atoms with Gasteiger partial charge in [0, 0.05) is 12.1 Å². The van der Waals surface area contributed by atoms with Crippen molar-refractivity contribution in [2.45, 2.75) is 0 Å². The van der Waals surface area contributed by atoms with Crippen LogP contribution in [0.1, 0.15) is 0 Å². The smallest absolute Gasteiger partial charge is 0.320 e. The Bertz CT molecular complexity index is 677. The van der Waals surface area contributed by atoms with Gasteiger partial charge in [0.05, 0.1) is 9.40 Å². The van der Waals surface area contributed by atoms with Gasteiger partial charge in [-0.15, -0.1) is 0 Å². The van der Waals surface area contributed by atoms with Crippen LogP contribution in [0.3, 0.4) is 0 Å². The zero-order chi connectivity index (χ0) is 11.7. The first kappa shape index (κ1) is 13.7. The minimum atomic E-state index is 0. The average Bonchev–Trinajstić information content (AvgIpc) is 2.82. The molecule has 0 aliphatic carbocycles. The van der Waals surface area contributed by atoms with E-state index in [1.165, 1.54) is 19.1 Å². The van der Waals surface area contributed by atoms with E-state index in [2.05, 4.69) is 60.2 Å². The zero-order valence-electron chi connectivity index (χ0n) is 9.84. The lowest BCUT2D eigenvalue weighted by atomic mass is 10.3. The lowest BCUT2D eigenvalue weighted by Crippen LogP contribution is -3.00. The summed E-state index contributed by atoms with van der Waals surface area (Å²) in [5.74, 6) is 0. The molecule has 0 saturated carbocycles. The second-order valence-electron chi connectivity index (χ2n) is 3.81. The average molecular weight is 385 g/mol. The molecule has 0 aliphatic heterocycles. The summed E-state index contributed by atoms with van der Waals surface area (Å²) < 4.78 is 6.28. The first-order valence-corrected chi connectivity index (χ1v) is 7.08.